The number of anilines is 1. The molecule has 1 aliphatic rings. The number of halogens is 2. The van der Waals surface area contributed by atoms with Gasteiger partial charge in [-0.2, -0.15) is 10.4 Å². The van der Waals surface area contributed by atoms with Gasteiger partial charge in [-0.3, -0.25) is 0 Å². The summed E-state index contributed by atoms with van der Waals surface area (Å²) in [5.74, 6) is 0.803. The molecular formula is C21H26F2N4O2S. The molecule has 0 bridgehead atoms. The van der Waals surface area contributed by atoms with Gasteiger partial charge in [0.15, 0.2) is 15.7 Å². The molecule has 1 aromatic heterocycles. The van der Waals surface area contributed by atoms with E-state index in [0.717, 1.165) is 19.1 Å². The van der Waals surface area contributed by atoms with Crippen molar-refractivity contribution in [1.82, 2.24) is 9.78 Å². The summed E-state index contributed by atoms with van der Waals surface area (Å²) in [4.78, 5) is 2.09. The maximum Gasteiger partial charge on any atom is 0.283 e. The Hall–Kier alpha value is -2.47. The van der Waals surface area contributed by atoms with Gasteiger partial charge in [-0.1, -0.05) is 20.8 Å². The average Bonchev–Trinajstić information content (AvgIpc) is 2.97. The van der Waals surface area contributed by atoms with Crippen LogP contribution in [0.4, 0.5) is 14.6 Å². The van der Waals surface area contributed by atoms with Gasteiger partial charge in [-0.05, 0) is 48.4 Å². The van der Waals surface area contributed by atoms with Gasteiger partial charge in [-0.15, -0.1) is 0 Å². The lowest BCUT2D eigenvalue weighted by molar-refractivity contribution is 0.145. The maximum atomic E-state index is 13.7. The Labute approximate surface area is 176 Å². The zero-order valence-electron chi connectivity index (χ0n) is 17.6. The summed E-state index contributed by atoms with van der Waals surface area (Å²) in [7, 11) is -3.39. The molecule has 1 saturated heterocycles. The minimum Gasteiger partial charge on any atom is -0.355 e. The Kier molecular flexibility index (Phi) is 5.92. The molecule has 0 N–H and O–H groups in total. The molecule has 6 nitrogen and oxygen atoms in total. The van der Waals surface area contributed by atoms with Crippen molar-refractivity contribution in [2.75, 3.05) is 24.2 Å². The van der Waals surface area contributed by atoms with Crippen LogP contribution in [0, 0.1) is 22.7 Å². The van der Waals surface area contributed by atoms with E-state index in [1.54, 1.807) is 0 Å². The molecule has 2 aromatic rings. The second kappa shape index (κ2) is 7.99. The highest BCUT2D eigenvalue weighted by Gasteiger charge is 2.34. The minimum atomic E-state index is -3.39. The Balaban J connectivity index is 2.18. The number of aromatic nitrogens is 2. The molecular weight excluding hydrogens is 410 g/mol. The fraction of sp³-hybridized carbons (Fsp3) is 0.524. The van der Waals surface area contributed by atoms with Crippen molar-refractivity contribution in [3.63, 3.8) is 0 Å². The molecule has 1 unspecified atom stereocenters. The maximum absolute atomic E-state index is 13.7. The zero-order valence-corrected chi connectivity index (χ0v) is 18.4. The third-order valence-corrected chi connectivity index (χ3v) is 6.56. The number of alkyl halides is 2. The molecule has 30 heavy (non-hydrogen) atoms. The van der Waals surface area contributed by atoms with Gasteiger partial charge in [0.25, 0.3) is 6.43 Å². The van der Waals surface area contributed by atoms with Crippen LogP contribution in [0.1, 0.15) is 51.3 Å². The Bertz CT molecular complexity index is 1070. The lowest BCUT2D eigenvalue weighted by Gasteiger charge is -2.31. The first-order valence-electron chi connectivity index (χ1n) is 9.79. The van der Waals surface area contributed by atoms with Crippen LogP contribution in [0.2, 0.25) is 0 Å². The smallest absolute Gasteiger partial charge is 0.283 e. The van der Waals surface area contributed by atoms with Gasteiger partial charge in [0.2, 0.25) is 0 Å². The van der Waals surface area contributed by atoms with Crippen LogP contribution in [0.3, 0.4) is 0 Å². The first-order valence-corrected chi connectivity index (χ1v) is 11.7. The lowest BCUT2D eigenvalue weighted by Crippen LogP contribution is -2.34. The average molecular weight is 437 g/mol. The van der Waals surface area contributed by atoms with E-state index in [1.807, 2.05) is 11.0 Å². The van der Waals surface area contributed by atoms with Crippen LogP contribution < -0.4 is 4.90 Å². The summed E-state index contributed by atoms with van der Waals surface area (Å²) in [6.45, 7) is 7.64. The van der Waals surface area contributed by atoms with Crippen LogP contribution in [0.25, 0.3) is 5.69 Å². The first-order chi connectivity index (χ1) is 13.9. The minimum absolute atomic E-state index is 0.0666. The molecule has 0 spiro atoms. The fourth-order valence-corrected chi connectivity index (χ4v) is 4.89. The summed E-state index contributed by atoms with van der Waals surface area (Å²) in [5.41, 5.74) is -0.337. The quantitative estimate of drug-likeness (QED) is 0.712. The predicted octanol–water partition coefficient (Wildman–Crippen LogP) is 4.35. The van der Waals surface area contributed by atoms with Crippen LogP contribution >= 0.6 is 0 Å². The van der Waals surface area contributed by atoms with E-state index in [1.165, 1.54) is 28.9 Å². The van der Waals surface area contributed by atoms with Crippen molar-refractivity contribution in [2.45, 2.75) is 44.9 Å². The van der Waals surface area contributed by atoms with E-state index in [9.17, 15) is 22.5 Å². The van der Waals surface area contributed by atoms with Crippen LogP contribution in [-0.2, 0) is 9.84 Å². The van der Waals surface area contributed by atoms with E-state index in [4.69, 9.17) is 0 Å². The second-order valence-corrected chi connectivity index (χ2v) is 10.9. The normalized spacial score (nSPS) is 19.5. The van der Waals surface area contributed by atoms with E-state index in [-0.39, 0.29) is 15.9 Å². The van der Waals surface area contributed by atoms with Crippen molar-refractivity contribution in [3.05, 3.63) is 35.5 Å². The van der Waals surface area contributed by atoms with E-state index in [2.05, 4.69) is 25.9 Å². The van der Waals surface area contributed by atoms with Gasteiger partial charge < -0.3 is 4.90 Å². The largest absolute Gasteiger partial charge is 0.355 e. The molecule has 1 aromatic carbocycles. The molecule has 0 radical (unpaired) electrons. The van der Waals surface area contributed by atoms with E-state index < -0.39 is 22.0 Å². The second-order valence-electron chi connectivity index (χ2n) is 8.86. The van der Waals surface area contributed by atoms with Gasteiger partial charge >= 0.3 is 0 Å². The number of hydrogen-bond acceptors (Lipinski definition) is 5. The van der Waals surface area contributed by atoms with Crippen molar-refractivity contribution in [3.8, 4) is 11.8 Å². The summed E-state index contributed by atoms with van der Waals surface area (Å²) in [6, 6.07) is 7.80. The Morgan fingerprint density at radius 3 is 2.43 bits per heavy atom. The molecule has 0 saturated carbocycles. The molecule has 0 aliphatic carbocycles. The molecule has 3 rings (SSSR count). The Morgan fingerprint density at radius 2 is 1.90 bits per heavy atom. The van der Waals surface area contributed by atoms with Crippen molar-refractivity contribution < 1.29 is 17.2 Å². The summed E-state index contributed by atoms with van der Waals surface area (Å²) in [5, 5.41) is 13.8. The molecule has 2 heterocycles. The molecule has 1 aliphatic heterocycles. The molecule has 1 fully saturated rings. The van der Waals surface area contributed by atoms with Crippen LogP contribution in [-0.4, -0.2) is 37.5 Å². The van der Waals surface area contributed by atoms with Gasteiger partial charge in [-0.25, -0.2) is 21.9 Å². The van der Waals surface area contributed by atoms with Gasteiger partial charge in [0.05, 0.1) is 10.6 Å². The number of nitriles is 1. The van der Waals surface area contributed by atoms with Crippen molar-refractivity contribution in [1.29, 1.82) is 5.26 Å². The van der Waals surface area contributed by atoms with Gasteiger partial charge in [0, 0.05) is 19.3 Å². The molecule has 9 heteroatoms. The summed E-state index contributed by atoms with van der Waals surface area (Å²) < 4.78 is 52.2. The topological polar surface area (TPSA) is 79.0 Å². The molecule has 0 amide bonds. The first kappa shape index (κ1) is 22.2. The third-order valence-electron chi connectivity index (χ3n) is 5.43. The number of benzene rings is 1. The van der Waals surface area contributed by atoms with Crippen LogP contribution in [0.5, 0.6) is 0 Å². The molecule has 162 valence electrons. The molecule has 1 atom stereocenters. The standard InChI is InChI=1S/C21H26F2N4O2S/c1-14-9-10-26(13-21(2,3)11-14)20-17(12-24)18(19(22)23)25-27(20)15-5-7-16(8-6-15)30(4,28)29/h5-8,14,19H,9-11,13H2,1-4H3. The number of nitrogens with zero attached hydrogens (tertiary/aromatic N) is 4. The highest BCUT2D eigenvalue weighted by Crippen LogP contribution is 2.38. The number of hydrogen-bond donors (Lipinski definition) is 0. The van der Waals surface area contributed by atoms with Gasteiger partial charge in [0.1, 0.15) is 17.3 Å². The lowest BCUT2D eigenvalue weighted by atomic mass is 9.83. The highest BCUT2D eigenvalue weighted by atomic mass is 32.2. The third kappa shape index (κ3) is 4.48. The van der Waals surface area contributed by atoms with E-state index in [0.29, 0.717) is 30.5 Å². The fourth-order valence-electron chi connectivity index (χ4n) is 4.25. The van der Waals surface area contributed by atoms with Crippen molar-refractivity contribution >= 4 is 15.7 Å². The zero-order chi connectivity index (χ0) is 22.3. The SMILES string of the molecule is CC1CCN(c2c(C#N)c(C(F)F)nn2-c2ccc(S(C)(=O)=O)cc2)CC(C)(C)C1. The monoisotopic (exact) mass is 436 g/mol. The van der Waals surface area contributed by atoms with Crippen molar-refractivity contribution in [2.24, 2.45) is 11.3 Å². The summed E-state index contributed by atoms with van der Waals surface area (Å²) >= 11 is 0. The Morgan fingerprint density at radius 1 is 1.27 bits per heavy atom. The van der Waals surface area contributed by atoms with E-state index >= 15 is 0 Å². The summed E-state index contributed by atoms with van der Waals surface area (Å²) in [6.07, 6.45) is 0.0690. The highest BCUT2D eigenvalue weighted by molar-refractivity contribution is 7.90. The number of rotatable bonds is 4. The predicted molar refractivity (Wildman–Crippen MR) is 111 cm³/mol. The van der Waals surface area contributed by atoms with Crippen LogP contribution in [0.15, 0.2) is 29.2 Å². The number of sulfone groups is 1.